The molecule has 0 unspecified atom stereocenters. The molecule has 0 spiro atoms. The van der Waals surface area contributed by atoms with Gasteiger partial charge in [-0.15, -0.1) is 0 Å². The number of aryl methyl sites for hydroxylation is 2. The lowest BCUT2D eigenvalue weighted by Gasteiger charge is -2.14. The van der Waals surface area contributed by atoms with Gasteiger partial charge in [0.15, 0.2) is 0 Å². The van der Waals surface area contributed by atoms with E-state index in [9.17, 15) is 0 Å². The minimum atomic E-state index is 0.560. The molecule has 4 nitrogen and oxygen atoms in total. The molecule has 0 aromatic heterocycles. The number of hydrogen-bond acceptors (Lipinski definition) is 4. The summed E-state index contributed by atoms with van der Waals surface area (Å²) in [6.45, 7) is 9.65. The third kappa shape index (κ3) is 6.89. The minimum Gasteiger partial charge on any atom is -0.493 e. The van der Waals surface area contributed by atoms with Crippen LogP contribution < -0.4 is 9.47 Å². The Hall–Kier alpha value is -2.04. The summed E-state index contributed by atoms with van der Waals surface area (Å²) < 4.78 is 22.3. The van der Waals surface area contributed by atoms with E-state index in [0.717, 1.165) is 30.9 Å². The van der Waals surface area contributed by atoms with Crippen LogP contribution in [0, 0.1) is 13.8 Å². The smallest absolute Gasteiger partial charge is 0.120 e. The first-order valence-corrected chi connectivity index (χ1v) is 9.69. The Morgan fingerprint density at radius 2 is 1.30 bits per heavy atom. The second-order valence-corrected chi connectivity index (χ2v) is 6.61. The number of ether oxygens (including phenoxy) is 4. The average molecular weight is 373 g/mol. The van der Waals surface area contributed by atoms with Gasteiger partial charge in [0.1, 0.15) is 18.1 Å². The first-order valence-electron chi connectivity index (χ1n) is 9.69. The molecule has 0 atom stereocenters. The van der Waals surface area contributed by atoms with E-state index >= 15 is 0 Å². The van der Waals surface area contributed by atoms with Gasteiger partial charge in [0, 0.05) is 26.7 Å². The maximum Gasteiger partial charge on any atom is 0.120 e. The van der Waals surface area contributed by atoms with Crippen molar-refractivity contribution in [2.24, 2.45) is 0 Å². The van der Waals surface area contributed by atoms with E-state index in [2.05, 4.69) is 45.0 Å². The van der Waals surface area contributed by atoms with Crippen LogP contribution in [0.4, 0.5) is 0 Å². The van der Waals surface area contributed by atoms with Gasteiger partial charge in [-0.3, -0.25) is 0 Å². The largest absolute Gasteiger partial charge is 0.493 e. The lowest BCUT2D eigenvalue weighted by atomic mass is 9.96. The molecule has 0 fully saturated rings. The van der Waals surface area contributed by atoms with Gasteiger partial charge >= 0.3 is 0 Å². The molecule has 2 aromatic carbocycles. The molecule has 0 heterocycles. The molecule has 0 saturated heterocycles. The highest BCUT2D eigenvalue weighted by Gasteiger charge is 2.09. The second kappa shape index (κ2) is 11.6. The minimum absolute atomic E-state index is 0.560. The Morgan fingerprint density at radius 1 is 0.704 bits per heavy atom. The molecule has 0 aliphatic rings. The van der Waals surface area contributed by atoms with Crippen LogP contribution >= 0.6 is 0 Å². The molecular weight excluding hydrogens is 340 g/mol. The Bertz CT molecular complexity index is 697. The summed E-state index contributed by atoms with van der Waals surface area (Å²) in [7, 11) is 1.71. The van der Waals surface area contributed by atoms with E-state index in [1.54, 1.807) is 7.11 Å². The predicted molar refractivity (Wildman–Crippen MR) is 110 cm³/mol. The van der Waals surface area contributed by atoms with E-state index in [1.165, 1.54) is 22.3 Å². The molecule has 4 heteroatoms. The van der Waals surface area contributed by atoms with Crippen LogP contribution in [-0.2, 0) is 9.47 Å². The van der Waals surface area contributed by atoms with Crippen molar-refractivity contribution in [1.29, 1.82) is 0 Å². The third-order valence-electron chi connectivity index (χ3n) is 4.31. The van der Waals surface area contributed by atoms with Crippen molar-refractivity contribution in [3.05, 3.63) is 47.5 Å². The topological polar surface area (TPSA) is 36.9 Å². The maximum absolute atomic E-state index is 5.87. The van der Waals surface area contributed by atoms with Gasteiger partial charge in [-0.25, -0.2) is 0 Å². The van der Waals surface area contributed by atoms with Gasteiger partial charge in [-0.05, 0) is 66.8 Å². The van der Waals surface area contributed by atoms with Crippen molar-refractivity contribution in [2.75, 3.05) is 40.1 Å². The first kappa shape index (κ1) is 21.3. The van der Waals surface area contributed by atoms with Gasteiger partial charge < -0.3 is 18.9 Å². The SMILES string of the molecule is CCCOCCOc1ccc(C)c(-c2cc(OCCCOC)ccc2C)c1. The average Bonchev–Trinajstić information content (AvgIpc) is 2.67. The van der Waals surface area contributed by atoms with Crippen molar-refractivity contribution >= 4 is 0 Å². The highest BCUT2D eigenvalue weighted by atomic mass is 16.5. The highest BCUT2D eigenvalue weighted by Crippen LogP contribution is 2.32. The van der Waals surface area contributed by atoms with Crippen LogP contribution in [0.15, 0.2) is 36.4 Å². The second-order valence-electron chi connectivity index (χ2n) is 6.61. The first-order chi connectivity index (χ1) is 13.2. The lowest BCUT2D eigenvalue weighted by Crippen LogP contribution is -2.07. The van der Waals surface area contributed by atoms with Crippen molar-refractivity contribution in [3.63, 3.8) is 0 Å². The van der Waals surface area contributed by atoms with E-state index in [0.29, 0.717) is 26.4 Å². The number of methoxy groups -OCH3 is 1. The van der Waals surface area contributed by atoms with Crippen LogP contribution in [0.5, 0.6) is 11.5 Å². The Labute approximate surface area is 163 Å². The van der Waals surface area contributed by atoms with Crippen molar-refractivity contribution in [3.8, 4) is 22.6 Å². The normalized spacial score (nSPS) is 10.8. The van der Waals surface area contributed by atoms with E-state index in [1.807, 2.05) is 12.1 Å². The molecule has 0 aliphatic heterocycles. The molecule has 0 radical (unpaired) electrons. The van der Waals surface area contributed by atoms with Crippen molar-refractivity contribution in [1.82, 2.24) is 0 Å². The third-order valence-corrected chi connectivity index (χ3v) is 4.31. The van der Waals surface area contributed by atoms with Gasteiger partial charge in [-0.1, -0.05) is 19.1 Å². The fourth-order valence-corrected chi connectivity index (χ4v) is 2.82. The zero-order chi connectivity index (χ0) is 19.5. The quantitative estimate of drug-likeness (QED) is 0.480. The number of benzene rings is 2. The molecule has 27 heavy (non-hydrogen) atoms. The maximum atomic E-state index is 5.87. The summed E-state index contributed by atoms with van der Waals surface area (Å²) >= 11 is 0. The molecule has 0 saturated carbocycles. The zero-order valence-electron chi connectivity index (χ0n) is 17.0. The Morgan fingerprint density at radius 3 is 1.85 bits per heavy atom. The summed E-state index contributed by atoms with van der Waals surface area (Å²) in [6.07, 6.45) is 1.90. The highest BCUT2D eigenvalue weighted by molar-refractivity contribution is 5.73. The number of rotatable bonds is 12. The summed E-state index contributed by atoms with van der Waals surface area (Å²) in [4.78, 5) is 0. The summed E-state index contributed by atoms with van der Waals surface area (Å²) in [5.41, 5.74) is 4.77. The summed E-state index contributed by atoms with van der Waals surface area (Å²) in [5.74, 6) is 1.74. The van der Waals surface area contributed by atoms with Crippen molar-refractivity contribution < 1.29 is 18.9 Å². The number of hydrogen-bond donors (Lipinski definition) is 0. The van der Waals surface area contributed by atoms with Crippen LogP contribution in [0.2, 0.25) is 0 Å². The molecule has 2 rings (SSSR count). The zero-order valence-corrected chi connectivity index (χ0v) is 17.0. The van der Waals surface area contributed by atoms with Gasteiger partial charge in [-0.2, -0.15) is 0 Å². The molecule has 0 aliphatic carbocycles. The molecule has 148 valence electrons. The molecule has 0 N–H and O–H groups in total. The van der Waals surface area contributed by atoms with Crippen LogP contribution in [0.1, 0.15) is 30.9 Å². The standard InChI is InChI=1S/C23H32O4/c1-5-11-25-14-15-27-21-10-8-19(3)23(17-21)22-16-20(9-7-18(22)2)26-13-6-12-24-4/h7-10,16-17H,5-6,11-15H2,1-4H3. The van der Waals surface area contributed by atoms with Crippen LogP contribution in [0.25, 0.3) is 11.1 Å². The summed E-state index contributed by atoms with van der Waals surface area (Å²) in [5, 5.41) is 0. The van der Waals surface area contributed by atoms with E-state index in [4.69, 9.17) is 18.9 Å². The monoisotopic (exact) mass is 372 g/mol. The van der Waals surface area contributed by atoms with Crippen LogP contribution in [0.3, 0.4) is 0 Å². The molecular formula is C23H32O4. The lowest BCUT2D eigenvalue weighted by molar-refractivity contribution is 0.101. The van der Waals surface area contributed by atoms with Gasteiger partial charge in [0.05, 0.1) is 13.2 Å². The Kier molecular flexibility index (Phi) is 9.16. The fraction of sp³-hybridized carbons (Fsp3) is 0.478. The Balaban J connectivity index is 2.10. The fourth-order valence-electron chi connectivity index (χ4n) is 2.82. The molecule has 2 aromatic rings. The molecule has 0 amide bonds. The van der Waals surface area contributed by atoms with E-state index in [-0.39, 0.29) is 0 Å². The predicted octanol–water partition coefficient (Wildman–Crippen LogP) is 5.19. The van der Waals surface area contributed by atoms with Crippen molar-refractivity contribution in [2.45, 2.75) is 33.6 Å². The van der Waals surface area contributed by atoms with Gasteiger partial charge in [0.25, 0.3) is 0 Å². The van der Waals surface area contributed by atoms with Crippen LogP contribution in [-0.4, -0.2) is 40.1 Å². The summed E-state index contributed by atoms with van der Waals surface area (Å²) in [6, 6.07) is 12.5. The molecule has 0 bridgehead atoms. The van der Waals surface area contributed by atoms with E-state index < -0.39 is 0 Å². The van der Waals surface area contributed by atoms with Gasteiger partial charge in [0.2, 0.25) is 0 Å².